The van der Waals surface area contributed by atoms with E-state index in [2.05, 4.69) is 10.4 Å². The minimum absolute atomic E-state index is 0. The molecule has 2 aromatic rings. The molecule has 2 atom stereocenters. The van der Waals surface area contributed by atoms with Crippen molar-refractivity contribution < 1.29 is 9.72 Å². The second-order valence-corrected chi connectivity index (χ2v) is 7.60. The minimum atomic E-state index is -0.446. The number of carbonyl (C=O) groups is 1. The minimum Gasteiger partial charge on any atom is -0.347 e. The van der Waals surface area contributed by atoms with Gasteiger partial charge in [-0.1, -0.05) is 6.42 Å². The van der Waals surface area contributed by atoms with Crippen LogP contribution in [-0.2, 0) is 0 Å². The molecule has 0 spiro atoms. The molecule has 28 heavy (non-hydrogen) atoms. The largest absolute Gasteiger partial charge is 0.347 e. The average Bonchev–Trinajstić information content (AvgIpc) is 3.13. The maximum absolute atomic E-state index is 12.7. The number of amides is 1. The molecular weight excluding hydrogens is 382 g/mol. The Morgan fingerprint density at radius 2 is 1.82 bits per heavy atom. The zero-order valence-corrected chi connectivity index (χ0v) is 16.2. The van der Waals surface area contributed by atoms with Gasteiger partial charge in [0.05, 0.1) is 10.6 Å². The van der Waals surface area contributed by atoms with E-state index in [4.69, 9.17) is 5.73 Å². The first-order valence-corrected chi connectivity index (χ1v) is 9.38. The summed E-state index contributed by atoms with van der Waals surface area (Å²) < 4.78 is 1.55. The van der Waals surface area contributed by atoms with Gasteiger partial charge in [0, 0.05) is 30.4 Å². The lowest BCUT2D eigenvalue weighted by Crippen LogP contribution is -2.53. The highest BCUT2D eigenvalue weighted by Gasteiger charge is 2.40. The van der Waals surface area contributed by atoms with E-state index in [1.165, 1.54) is 18.6 Å². The molecular formula is C19H24ClN5O3. The predicted octanol–water partition coefficient (Wildman–Crippen LogP) is 2.84. The number of rotatable bonds is 4. The Kier molecular flexibility index (Phi) is 6.00. The third kappa shape index (κ3) is 4.02. The van der Waals surface area contributed by atoms with E-state index in [1.807, 2.05) is 0 Å². The van der Waals surface area contributed by atoms with E-state index in [0.29, 0.717) is 23.2 Å². The molecule has 0 radical (unpaired) electrons. The summed E-state index contributed by atoms with van der Waals surface area (Å²) >= 11 is 0. The molecule has 4 rings (SSSR count). The standard InChI is InChI=1S/C19H23N5O3.ClH/c20-14-10-12-2-1-3-13(11-14)18(12)21-19(25)17-8-9-23(22-17)15-4-6-16(7-5-15)24(26)27;/h4-9,12-14,18H,1-3,10-11,20H2,(H,21,25);1H. The fourth-order valence-corrected chi connectivity index (χ4v) is 4.57. The summed E-state index contributed by atoms with van der Waals surface area (Å²) in [7, 11) is 0. The smallest absolute Gasteiger partial charge is 0.272 e. The zero-order valence-electron chi connectivity index (χ0n) is 15.4. The third-order valence-corrected chi connectivity index (χ3v) is 5.82. The number of nitro benzene ring substituents is 1. The van der Waals surface area contributed by atoms with Gasteiger partial charge in [-0.15, -0.1) is 12.4 Å². The lowest BCUT2D eigenvalue weighted by atomic mass is 9.67. The van der Waals surface area contributed by atoms with Crippen molar-refractivity contribution >= 4 is 24.0 Å². The molecule has 0 saturated heterocycles. The number of benzene rings is 1. The second kappa shape index (κ2) is 8.28. The maximum Gasteiger partial charge on any atom is 0.272 e. The van der Waals surface area contributed by atoms with Gasteiger partial charge >= 0.3 is 0 Å². The van der Waals surface area contributed by atoms with E-state index >= 15 is 0 Å². The van der Waals surface area contributed by atoms with E-state index in [1.54, 1.807) is 29.1 Å². The molecule has 2 unspecified atom stereocenters. The van der Waals surface area contributed by atoms with Crippen molar-refractivity contribution in [3.8, 4) is 5.69 Å². The average molecular weight is 406 g/mol. The van der Waals surface area contributed by atoms with Crippen LogP contribution in [0.15, 0.2) is 36.5 Å². The van der Waals surface area contributed by atoms with Gasteiger partial charge in [-0.3, -0.25) is 14.9 Å². The number of aromatic nitrogens is 2. The number of fused-ring (bicyclic) bond motifs is 2. The van der Waals surface area contributed by atoms with Crippen molar-refractivity contribution in [2.24, 2.45) is 17.6 Å². The summed E-state index contributed by atoms with van der Waals surface area (Å²) in [6.07, 6.45) is 7.08. The Morgan fingerprint density at radius 3 is 2.43 bits per heavy atom. The van der Waals surface area contributed by atoms with Gasteiger partial charge in [-0.05, 0) is 55.7 Å². The highest BCUT2D eigenvalue weighted by atomic mass is 35.5. The topological polar surface area (TPSA) is 116 Å². The Labute approximate surface area is 169 Å². The summed E-state index contributed by atoms with van der Waals surface area (Å²) in [6, 6.07) is 8.15. The first-order chi connectivity index (χ1) is 13.0. The second-order valence-electron chi connectivity index (χ2n) is 7.60. The highest BCUT2D eigenvalue weighted by Crippen LogP contribution is 2.39. The number of nitrogens with one attached hydrogen (secondary N) is 1. The molecule has 150 valence electrons. The SMILES string of the molecule is Cl.NC1CC2CCCC(C1)C2NC(=O)c1ccn(-c2ccc([N+](=O)[O-])cc2)n1. The summed E-state index contributed by atoms with van der Waals surface area (Å²) in [5, 5.41) is 18.3. The van der Waals surface area contributed by atoms with Crippen LogP contribution in [0, 0.1) is 22.0 Å². The molecule has 3 N–H and O–H groups in total. The lowest BCUT2D eigenvalue weighted by Gasteiger charge is -2.45. The van der Waals surface area contributed by atoms with Crippen molar-refractivity contribution in [2.75, 3.05) is 0 Å². The Morgan fingerprint density at radius 1 is 1.18 bits per heavy atom. The number of carbonyl (C=O) groups excluding carboxylic acids is 1. The number of nitro groups is 1. The van der Waals surface area contributed by atoms with Gasteiger partial charge in [-0.25, -0.2) is 4.68 Å². The number of hydrogen-bond acceptors (Lipinski definition) is 5. The summed E-state index contributed by atoms with van der Waals surface area (Å²) in [5.74, 6) is 0.731. The molecule has 8 nitrogen and oxygen atoms in total. The summed E-state index contributed by atoms with van der Waals surface area (Å²) in [6.45, 7) is 0. The maximum atomic E-state index is 12.7. The number of hydrogen-bond donors (Lipinski definition) is 2. The van der Waals surface area contributed by atoms with Gasteiger partial charge < -0.3 is 11.1 Å². The van der Waals surface area contributed by atoms with Crippen LogP contribution in [0.5, 0.6) is 0 Å². The molecule has 2 saturated carbocycles. The molecule has 1 heterocycles. The molecule has 2 aliphatic carbocycles. The van der Waals surface area contributed by atoms with Crippen molar-refractivity contribution in [3.05, 3.63) is 52.3 Å². The summed E-state index contributed by atoms with van der Waals surface area (Å²) in [4.78, 5) is 23.0. The van der Waals surface area contributed by atoms with Crippen LogP contribution in [0.25, 0.3) is 5.69 Å². The Balaban J connectivity index is 0.00000225. The first kappa shape index (κ1) is 20.3. The molecule has 1 aromatic carbocycles. The van der Waals surface area contributed by atoms with Crippen LogP contribution in [0.4, 0.5) is 5.69 Å². The quantitative estimate of drug-likeness (QED) is 0.599. The van der Waals surface area contributed by atoms with Gasteiger partial charge in [0.15, 0.2) is 5.69 Å². The molecule has 2 fully saturated rings. The molecule has 9 heteroatoms. The van der Waals surface area contributed by atoms with Gasteiger partial charge in [0.2, 0.25) is 0 Å². The van der Waals surface area contributed by atoms with Gasteiger partial charge in [0.25, 0.3) is 11.6 Å². The number of nitrogens with two attached hydrogens (primary N) is 1. The van der Waals surface area contributed by atoms with Crippen LogP contribution in [0.3, 0.4) is 0 Å². The number of non-ortho nitro benzene ring substituents is 1. The zero-order chi connectivity index (χ0) is 19.0. The molecule has 1 amide bonds. The fraction of sp³-hybridized carbons (Fsp3) is 0.474. The Bertz CT molecular complexity index is 840. The number of halogens is 1. The molecule has 1 aromatic heterocycles. The first-order valence-electron chi connectivity index (χ1n) is 9.38. The van der Waals surface area contributed by atoms with E-state index in [-0.39, 0.29) is 36.1 Å². The van der Waals surface area contributed by atoms with Crippen LogP contribution in [-0.4, -0.2) is 32.7 Å². The highest BCUT2D eigenvalue weighted by molar-refractivity contribution is 5.92. The number of nitrogens with zero attached hydrogens (tertiary/aromatic N) is 3. The normalized spacial score (nSPS) is 26.2. The van der Waals surface area contributed by atoms with Crippen LogP contribution in [0.2, 0.25) is 0 Å². The molecule has 0 aliphatic heterocycles. The fourth-order valence-electron chi connectivity index (χ4n) is 4.57. The Hall–Kier alpha value is -2.45. The van der Waals surface area contributed by atoms with Crippen LogP contribution in [0.1, 0.15) is 42.6 Å². The van der Waals surface area contributed by atoms with Crippen molar-refractivity contribution in [1.82, 2.24) is 15.1 Å². The van der Waals surface area contributed by atoms with E-state index < -0.39 is 4.92 Å². The molecule has 2 aliphatic rings. The monoisotopic (exact) mass is 405 g/mol. The predicted molar refractivity (Wildman–Crippen MR) is 107 cm³/mol. The van der Waals surface area contributed by atoms with Crippen molar-refractivity contribution in [2.45, 2.75) is 44.2 Å². The van der Waals surface area contributed by atoms with Crippen molar-refractivity contribution in [1.29, 1.82) is 0 Å². The van der Waals surface area contributed by atoms with E-state index in [0.717, 1.165) is 25.7 Å². The van der Waals surface area contributed by atoms with Crippen LogP contribution < -0.4 is 11.1 Å². The molecule has 2 bridgehead atoms. The van der Waals surface area contributed by atoms with E-state index in [9.17, 15) is 14.9 Å². The van der Waals surface area contributed by atoms with Gasteiger partial charge in [-0.2, -0.15) is 5.10 Å². The van der Waals surface area contributed by atoms with Crippen LogP contribution >= 0.6 is 12.4 Å². The van der Waals surface area contributed by atoms with Gasteiger partial charge in [0.1, 0.15) is 0 Å². The lowest BCUT2D eigenvalue weighted by molar-refractivity contribution is -0.384. The van der Waals surface area contributed by atoms with Crippen molar-refractivity contribution in [3.63, 3.8) is 0 Å². The summed E-state index contributed by atoms with van der Waals surface area (Å²) in [5.41, 5.74) is 7.19. The third-order valence-electron chi connectivity index (χ3n) is 5.82.